The van der Waals surface area contributed by atoms with Crippen LogP contribution in [-0.4, -0.2) is 11.4 Å². The summed E-state index contributed by atoms with van der Waals surface area (Å²) in [6.45, 7) is 2.98. The summed E-state index contributed by atoms with van der Waals surface area (Å²) in [5.74, 6) is 0. The summed E-state index contributed by atoms with van der Waals surface area (Å²) < 4.78 is 2.01. The van der Waals surface area contributed by atoms with Crippen LogP contribution < -0.4 is 28.5 Å². The highest BCUT2D eigenvalue weighted by Gasteiger charge is 1.95. The molecule has 1 heterocycles. The Morgan fingerprint density at radius 2 is 2.42 bits per heavy atom. The van der Waals surface area contributed by atoms with Gasteiger partial charge >= 0.3 is 0 Å². The van der Waals surface area contributed by atoms with E-state index >= 15 is 0 Å². The maximum Gasteiger partial charge on any atom is 0.177 e. The average molecular weight is 278 g/mol. The van der Waals surface area contributed by atoms with Gasteiger partial charge in [-0.05, 0) is 13.0 Å². The second-order valence-corrected chi connectivity index (χ2v) is 2.21. The predicted molar refractivity (Wildman–Crippen MR) is 41.7 cm³/mol. The molecule has 4 heteroatoms. The van der Waals surface area contributed by atoms with Gasteiger partial charge in [-0.2, -0.15) is 0 Å². The number of nitrogens with zero attached hydrogens (tertiary/aromatic N) is 2. The molecule has 0 aliphatic rings. The van der Waals surface area contributed by atoms with Crippen LogP contribution in [-0.2, 0) is 6.54 Å². The molecule has 12 heavy (non-hydrogen) atoms. The van der Waals surface area contributed by atoms with Gasteiger partial charge in [0.05, 0.1) is 11.8 Å². The molecule has 0 spiro atoms. The molecule has 0 saturated carbocycles. The number of hydrogen-bond donors (Lipinski definition) is 1. The van der Waals surface area contributed by atoms with E-state index in [4.69, 9.17) is 5.21 Å². The summed E-state index contributed by atoms with van der Waals surface area (Å²) in [6.07, 6.45) is 5.29. The summed E-state index contributed by atoms with van der Waals surface area (Å²) in [5, 5.41) is 11.2. The van der Waals surface area contributed by atoms with Crippen molar-refractivity contribution in [2.75, 3.05) is 0 Å². The van der Waals surface area contributed by atoms with Crippen molar-refractivity contribution < 1.29 is 33.8 Å². The lowest BCUT2D eigenvalue weighted by atomic mass is 10.3. The topological polar surface area (TPSA) is 36.5 Å². The zero-order valence-electron chi connectivity index (χ0n) is 6.81. The molecule has 0 amide bonds. The molecule has 1 rings (SSSR count). The first kappa shape index (κ1) is 11.4. The van der Waals surface area contributed by atoms with Crippen molar-refractivity contribution in [2.45, 2.75) is 13.5 Å². The van der Waals surface area contributed by atoms with Gasteiger partial charge < -0.3 is 29.2 Å². The highest BCUT2D eigenvalue weighted by Crippen LogP contribution is 1.88. The number of aromatic nitrogens is 1. The lowest BCUT2D eigenvalue weighted by molar-refractivity contribution is -0.693. The van der Waals surface area contributed by atoms with Gasteiger partial charge in [0, 0.05) is 6.07 Å². The Kier molecular flexibility index (Phi) is 5.61. The van der Waals surface area contributed by atoms with Crippen LogP contribution in [0.1, 0.15) is 12.5 Å². The molecule has 0 radical (unpaired) electrons. The number of oxime groups is 1. The van der Waals surface area contributed by atoms with Gasteiger partial charge in [-0.3, -0.25) is 0 Å². The lowest BCUT2D eigenvalue weighted by Gasteiger charge is -1.90. The van der Waals surface area contributed by atoms with Crippen LogP contribution in [0.2, 0.25) is 0 Å². The summed E-state index contributed by atoms with van der Waals surface area (Å²) in [6, 6.07) is 3.80. The van der Waals surface area contributed by atoms with Gasteiger partial charge in [-0.15, -0.1) is 0 Å². The summed E-state index contributed by atoms with van der Waals surface area (Å²) in [7, 11) is 0. The fourth-order valence-corrected chi connectivity index (χ4v) is 0.882. The van der Waals surface area contributed by atoms with E-state index in [9.17, 15) is 0 Å². The first-order valence-corrected chi connectivity index (χ1v) is 3.53. The van der Waals surface area contributed by atoms with Gasteiger partial charge in [0.25, 0.3) is 0 Å². The minimum Gasteiger partial charge on any atom is -1.00 e. The van der Waals surface area contributed by atoms with Crippen LogP contribution in [0, 0.1) is 0 Å². The third-order valence-corrected chi connectivity index (χ3v) is 1.45. The summed E-state index contributed by atoms with van der Waals surface area (Å²) in [4.78, 5) is 0. The zero-order valence-corrected chi connectivity index (χ0v) is 8.97. The first-order valence-electron chi connectivity index (χ1n) is 3.53. The van der Waals surface area contributed by atoms with Crippen molar-refractivity contribution >= 4 is 6.21 Å². The van der Waals surface area contributed by atoms with Gasteiger partial charge in [0.2, 0.25) is 0 Å². The molecule has 0 saturated heterocycles. The van der Waals surface area contributed by atoms with Crippen LogP contribution in [0.5, 0.6) is 0 Å². The number of halogens is 1. The molecule has 1 N–H and O–H groups in total. The fraction of sp³-hybridized carbons (Fsp3) is 0.250. The standard InChI is InChI=1S/C8H10N2O.HI/c1-2-10-5-3-4-8(7-10)6-9-11;/h3-7H,2H2,1H3;1H/b9-6-;. The van der Waals surface area contributed by atoms with Crippen molar-refractivity contribution in [1.82, 2.24) is 0 Å². The van der Waals surface area contributed by atoms with E-state index in [2.05, 4.69) is 12.1 Å². The molecule has 0 fully saturated rings. The molecule has 66 valence electrons. The van der Waals surface area contributed by atoms with Gasteiger partial charge in [-0.25, -0.2) is 4.57 Å². The fourth-order valence-electron chi connectivity index (χ4n) is 0.882. The molecule has 0 unspecified atom stereocenters. The molecule has 0 aliphatic heterocycles. The Hall–Kier alpha value is -0.650. The van der Waals surface area contributed by atoms with Gasteiger partial charge in [-0.1, -0.05) is 5.16 Å². The zero-order chi connectivity index (χ0) is 8.10. The molecular weight excluding hydrogens is 267 g/mol. The molecule has 0 aliphatic carbocycles. The van der Waals surface area contributed by atoms with Crippen LogP contribution in [0.25, 0.3) is 0 Å². The monoisotopic (exact) mass is 278 g/mol. The number of hydrogen-bond acceptors (Lipinski definition) is 2. The molecule has 1 aromatic heterocycles. The quantitative estimate of drug-likeness (QED) is 0.215. The summed E-state index contributed by atoms with van der Waals surface area (Å²) >= 11 is 0. The van der Waals surface area contributed by atoms with E-state index in [1.807, 2.05) is 29.1 Å². The average Bonchev–Trinajstić information content (AvgIpc) is 2.06. The molecular formula is C8H11IN2O. The predicted octanol–water partition coefficient (Wildman–Crippen LogP) is -2.19. The van der Waals surface area contributed by atoms with E-state index in [1.54, 1.807) is 0 Å². The maximum absolute atomic E-state index is 8.24. The Balaban J connectivity index is 0.00000121. The van der Waals surface area contributed by atoms with E-state index in [-0.39, 0.29) is 24.0 Å². The third kappa shape index (κ3) is 3.17. The van der Waals surface area contributed by atoms with Crippen LogP contribution in [0.4, 0.5) is 0 Å². The largest absolute Gasteiger partial charge is 1.00 e. The Bertz CT molecular complexity index is 263. The first-order chi connectivity index (χ1) is 5.36. The highest BCUT2D eigenvalue weighted by molar-refractivity contribution is 5.77. The molecule has 3 nitrogen and oxygen atoms in total. The lowest BCUT2D eigenvalue weighted by Crippen LogP contribution is -3.00. The Morgan fingerprint density at radius 3 is 3.00 bits per heavy atom. The molecule has 0 aromatic carbocycles. The van der Waals surface area contributed by atoms with E-state index in [0.29, 0.717) is 0 Å². The number of pyridine rings is 1. The van der Waals surface area contributed by atoms with Crippen molar-refractivity contribution in [1.29, 1.82) is 0 Å². The maximum atomic E-state index is 8.24. The van der Waals surface area contributed by atoms with Crippen molar-refractivity contribution in [3.05, 3.63) is 30.1 Å². The molecule has 0 atom stereocenters. The number of rotatable bonds is 2. The third-order valence-electron chi connectivity index (χ3n) is 1.45. The van der Waals surface area contributed by atoms with Crippen LogP contribution in [0.15, 0.2) is 29.7 Å². The SMILES string of the molecule is CC[n+]1cccc(/C=N\O)c1.[I-]. The highest BCUT2D eigenvalue weighted by atomic mass is 127. The van der Waals surface area contributed by atoms with E-state index in [1.165, 1.54) is 6.21 Å². The van der Waals surface area contributed by atoms with E-state index < -0.39 is 0 Å². The van der Waals surface area contributed by atoms with Gasteiger partial charge in [0.1, 0.15) is 6.54 Å². The normalized spacial score (nSPS) is 9.75. The van der Waals surface area contributed by atoms with Crippen molar-refractivity contribution in [3.8, 4) is 0 Å². The molecule has 1 aromatic rings. The second kappa shape index (κ2) is 5.93. The minimum absolute atomic E-state index is 0. The smallest absolute Gasteiger partial charge is 0.177 e. The van der Waals surface area contributed by atoms with Gasteiger partial charge in [0.15, 0.2) is 12.4 Å². The van der Waals surface area contributed by atoms with E-state index in [0.717, 1.165) is 12.1 Å². The minimum atomic E-state index is 0. The summed E-state index contributed by atoms with van der Waals surface area (Å²) in [5.41, 5.74) is 0.900. The second-order valence-electron chi connectivity index (χ2n) is 2.21. The molecule has 0 bridgehead atoms. The van der Waals surface area contributed by atoms with Crippen molar-refractivity contribution in [3.63, 3.8) is 0 Å². The van der Waals surface area contributed by atoms with Crippen LogP contribution in [0.3, 0.4) is 0 Å². The Labute approximate surface area is 88.7 Å². The Morgan fingerprint density at radius 1 is 1.67 bits per heavy atom. The van der Waals surface area contributed by atoms with Crippen molar-refractivity contribution in [2.24, 2.45) is 5.16 Å². The number of aryl methyl sites for hydroxylation is 1. The van der Waals surface area contributed by atoms with Crippen LogP contribution >= 0.6 is 0 Å².